The summed E-state index contributed by atoms with van der Waals surface area (Å²) in [5.74, 6) is 0.901. The Kier molecular flexibility index (Phi) is 5.38. The molecule has 116 valence electrons. The predicted octanol–water partition coefficient (Wildman–Crippen LogP) is 2.81. The number of ether oxygens (including phenoxy) is 1. The number of para-hydroxylation sites is 1. The van der Waals surface area contributed by atoms with Crippen molar-refractivity contribution >= 4 is 11.4 Å². The molecule has 2 N–H and O–H groups in total. The van der Waals surface area contributed by atoms with Crippen molar-refractivity contribution in [1.29, 1.82) is 0 Å². The molecule has 0 amide bonds. The third kappa shape index (κ3) is 3.64. The van der Waals surface area contributed by atoms with Gasteiger partial charge in [-0.2, -0.15) is 0 Å². The second-order valence-corrected chi connectivity index (χ2v) is 5.48. The van der Waals surface area contributed by atoms with Crippen molar-refractivity contribution < 1.29 is 14.8 Å². The molecule has 0 aliphatic heterocycles. The largest absolute Gasteiger partial charge is 0.490 e. The van der Waals surface area contributed by atoms with Crippen LogP contribution in [0.15, 0.2) is 18.2 Å². The van der Waals surface area contributed by atoms with Crippen LogP contribution in [0.5, 0.6) is 5.75 Å². The Morgan fingerprint density at radius 1 is 1.38 bits per heavy atom. The maximum atomic E-state index is 11.2. The standard InChI is InChI=1S/C15H22N2O4/c1-21-14-8-4-7-13(15(14)17(19)20)16-9-11-5-2-3-6-12(11)10-18/h4,7-8,11-12,16,18H,2-3,5-6,9-10H2,1H3. The summed E-state index contributed by atoms with van der Waals surface area (Å²) in [7, 11) is 1.43. The lowest BCUT2D eigenvalue weighted by molar-refractivity contribution is -0.384. The number of nitrogens with zero attached hydrogens (tertiary/aromatic N) is 1. The molecule has 0 heterocycles. The minimum Gasteiger partial charge on any atom is -0.490 e. The van der Waals surface area contributed by atoms with Gasteiger partial charge in [-0.1, -0.05) is 18.9 Å². The molecule has 0 bridgehead atoms. The van der Waals surface area contributed by atoms with Gasteiger partial charge in [-0.15, -0.1) is 0 Å². The monoisotopic (exact) mass is 294 g/mol. The minimum absolute atomic E-state index is 0.0312. The molecular weight excluding hydrogens is 272 g/mol. The van der Waals surface area contributed by atoms with Crippen LogP contribution < -0.4 is 10.1 Å². The van der Waals surface area contributed by atoms with Crippen LogP contribution in [0.1, 0.15) is 25.7 Å². The molecule has 2 unspecified atom stereocenters. The molecule has 0 saturated heterocycles. The van der Waals surface area contributed by atoms with Gasteiger partial charge in [0.25, 0.3) is 0 Å². The first-order valence-electron chi connectivity index (χ1n) is 7.33. The SMILES string of the molecule is COc1cccc(NCC2CCCCC2CO)c1[N+](=O)[O-]. The zero-order chi connectivity index (χ0) is 15.2. The van der Waals surface area contributed by atoms with Gasteiger partial charge in [0.05, 0.1) is 12.0 Å². The van der Waals surface area contributed by atoms with Crippen molar-refractivity contribution in [3.8, 4) is 5.75 Å². The number of benzene rings is 1. The van der Waals surface area contributed by atoms with Crippen LogP contribution >= 0.6 is 0 Å². The molecule has 1 saturated carbocycles. The van der Waals surface area contributed by atoms with Crippen LogP contribution in [0.2, 0.25) is 0 Å². The van der Waals surface area contributed by atoms with Crippen molar-refractivity contribution in [3.05, 3.63) is 28.3 Å². The summed E-state index contributed by atoms with van der Waals surface area (Å²) >= 11 is 0. The lowest BCUT2D eigenvalue weighted by atomic mass is 9.79. The Morgan fingerprint density at radius 3 is 2.71 bits per heavy atom. The van der Waals surface area contributed by atoms with Crippen molar-refractivity contribution in [1.82, 2.24) is 0 Å². The highest BCUT2D eigenvalue weighted by Crippen LogP contribution is 2.36. The summed E-state index contributed by atoms with van der Waals surface area (Å²) in [6.45, 7) is 0.825. The molecule has 1 aromatic rings. The lowest BCUT2D eigenvalue weighted by Gasteiger charge is -2.30. The van der Waals surface area contributed by atoms with Crippen molar-refractivity contribution in [2.24, 2.45) is 11.8 Å². The number of anilines is 1. The topological polar surface area (TPSA) is 84.6 Å². The first-order valence-corrected chi connectivity index (χ1v) is 7.33. The van der Waals surface area contributed by atoms with Crippen LogP contribution in [-0.4, -0.2) is 30.3 Å². The Balaban J connectivity index is 2.10. The quantitative estimate of drug-likeness (QED) is 0.622. The van der Waals surface area contributed by atoms with Crippen LogP contribution in [-0.2, 0) is 0 Å². The summed E-state index contributed by atoms with van der Waals surface area (Å²) in [6.07, 6.45) is 4.39. The summed E-state index contributed by atoms with van der Waals surface area (Å²) in [6, 6.07) is 5.01. The van der Waals surface area contributed by atoms with Gasteiger partial charge in [-0.05, 0) is 36.8 Å². The Bertz CT molecular complexity index is 493. The van der Waals surface area contributed by atoms with Crippen molar-refractivity contribution in [2.45, 2.75) is 25.7 Å². The first-order chi connectivity index (χ1) is 10.2. The maximum Gasteiger partial charge on any atom is 0.333 e. The van der Waals surface area contributed by atoms with Crippen LogP contribution in [0.25, 0.3) is 0 Å². The second kappa shape index (κ2) is 7.26. The van der Waals surface area contributed by atoms with Gasteiger partial charge in [0.15, 0.2) is 5.75 Å². The molecule has 21 heavy (non-hydrogen) atoms. The van der Waals surface area contributed by atoms with Gasteiger partial charge in [0.1, 0.15) is 5.69 Å². The van der Waals surface area contributed by atoms with E-state index in [-0.39, 0.29) is 24.0 Å². The molecule has 6 heteroatoms. The zero-order valence-corrected chi connectivity index (χ0v) is 12.2. The number of methoxy groups -OCH3 is 1. The van der Waals surface area contributed by atoms with Gasteiger partial charge >= 0.3 is 5.69 Å². The fourth-order valence-electron chi connectivity index (χ4n) is 3.05. The molecule has 0 spiro atoms. The molecule has 0 aromatic heterocycles. The normalized spacial score (nSPS) is 21.8. The molecule has 1 aromatic carbocycles. The minimum atomic E-state index is -0.425. The van der Waals surface area contributed by atoms with E-state index in [0.717, 1.165) is 25.7 Å². The van der Waals surface area contributed by atoms with Crippen LogP contribution in [0.4, 0.5) is 11.4 Å². The first kappa shape index (κ1) is 15.6. The van der Waals surface area contributed by atoms with E-state index in [9.17, 15) is 15.2 Å². The number of hydrogen-bond donors (Lipinski definition) is 2. The molecular formula is C15H22N2O4. The third-order valence-corrected chi connectivity index (χ3v) is 4.26. The molecule has 2 rings (SSSR count). The van der Waals surface area contributed by atoms with Gasteiger partial charge in [-0.25, -0.2) is 0 Å². The fourth-order valence-corrected chi connectivity index (χ4v) is 3.05. The number of rotatable bonds is 6. The number of hydrogen-bond acceptors (Lipinski definition) is 5. The van der Waals surface area contributed by atoms with E-state index < -0.39 is 4.92 Å². The number of aliphatic hydroxyl groups is 1. The average molecular weight is 294 g/mol. The van der Waals surface area contributed by atoms with Crippen molar-refractivity contribution in [3.63, 3.8) is 0 Å². The Labute approximate surface area is 124 Å². The van der Waals surface area contributed by atoms with E-state index in [2.05, 4.69) is 5.32 Å². The van der Waals surface area contributed by atoms with Gasteiger partial charge in [0.2, 0.25) is 0 Å². The summed E-state index contributed by atoms with van der Waals surface area (Å²) in [4.78, 5) is 10.8. The van der Waals surface area contributed by atoms with E-state index in [1.54, 1.807) is 18.2 Å². The molecule has 1 aliphatic rings. The third-order valence-electron chi connectivity index (χ3n) is 4.26. The van der Waals surface area contributed by atoms with Crippen molar-refractivity contribution in [2.75, 3.05) is 25.6 Å². The second-order valence-electron chi connectivity index (χ2n) is 5.48. The molecule has 1 aliphatic carbocycles. The van der Waals surface area contributed by atoms with Gasteiger partial charge in [0, 0.05) is 13.2 Å². The smallest absolute Gasteiger partial charge is 0.333 e. The zero-order valence-electron chi connectivity index (χ0n) is 12.2. The molecule has 1 fully saturated rings. The van der Waals surface area contributed by atoms with Gasteiger partial charge < -0.3 is 15.2 Å². The maximum absolute atomic E-state index is 11.2. The predicted molar refractivity (Wildman–Crippen MR) is 80.7 cm³/mol. The summed E-state index contributed by atoms with van der Waals surface area (Å²) in [5, 5.41) is 23.8. The Hall–Kier alpha value is -1.82. The molecule has 6 nitrogen and oxygen atoms in total. The van der Waals surface area contributed by atoms with E-state index in [1.165, 1.54) is 7.11 Å². The van der Waals surface area contributed by atoms with E-state index in [4.69, 9.17) is 4.74 Å². The molecule has 2 atom stereocenters. The highest BCUT2D eigenvalue weighted by molar-refractivity contribution is 5.68. The highest BCUT2D eigenvalue weighted by atomic mass is 16.6. The van der Waals surface area contributed by atoms with E-state index in [0.29, 0.717) is 18.2 Å². The summed E-state index contributed by atoms with van der Waals surface area (Å²) < 4.78 is 5.06. The number of nitro benzene ring substituents is 1. The van der Waals surface area contributed by atoms with Gasteiger partial charge in [-0.3, -0.25) is 10.1 Å². The Morgan fingerprint density at radius 2 is 2.10 bits per heavy atom. The molecule has 0 radical (unpaired) electrons. The van der Waals surface area contributed by atoms with E-state index >= 15 is 0 Å². The van der Waals surface area contributed by atoms with Crippen LogP contribution in [0.3, 0.4) is 0 Å². The van der Waals surface area contributed by atoms with E-state index in [1.807, 2.05) is 0 Å². The fraction of sp³-hybridized carbons (Fsp3) is 0.600. The number of aliphatic hydroxyl groups excluding tert-OH is 1. The van der Waals surface area contributed by atoms with Crippen LogP contribution in [0, 0.1) is 22.0 Å². The number of nitrogens with one attached hydrogen (secondary N) is 1. The number of nitro groups is 1. The summed E-state index contributed by atoms with van der Waals surface area (Å²) in [5.41, 5.74) is 0.443. The highest BCUT2D eigenvalue weighted by Gasteiger charge is 2.26. The lowest BCUT2D eigenvalue weighted by Crippen LogP contribution is -2.28. The average Bonchev–Trinajstić information content (AvgIpc) is 2.52.